The van der Waals surface area contributed by atoms with Crippen molar-refractivity contribution in [1.29, 1.82) is 0 Å². The van der Waals surface area contributed by atoms with Crippen LogP contribution in [0.1, 0.15) is 150 Å². The minimum atomic E-state index is -0.874. The first kappa shape index (κ1) is 68.7. The van der Waals surface area contributed by atoms with E-state index in [2.05, 4.69) is 253 Å². The number of fused-ring (bicyclic) bond motifs is 8. The molecule has 9 rings (SSSR count). The van der Waals surface area contributed by atoms with E-state index in [0.717, 1.165) is 67.5 Å². The van der Waals surface area contributed by atoms with Gasteiger partial charge in [-0.05, 0) is 125 Å². The Morgan fingerprint density at radius 3 is 0.659 bits per heavy atom. The monoisotopic (exact) mass is 1540 g/mol. The zero-order valence-electron chi connectivity index (χ0n) is 50.3. The van der Waals surface area contributed by atoms with Crippen molar-refractivity contribution in [3.63, 3.8) is 0 Å². The summed E-state index contributed by atoms with van der Waals surface area (Å²) >= 11 is 0. The van der Waals surface area contributed by atoms with Gasteiger partial charge in [-0.3, -0.25) is 0 Å². The van der Waals surface area contributed by atoms with Crippen LogP contribution in [0.4, 0.5) is 0 Å². The number of ether oxygens (including phenoxy) is 4. The minimum Gasteiger partial charge on any atom is -1.00 e. The summed E-state index contributed by atoms with van der Waals surface area (Å²) in [6.07, 6.45) is 3.50. The van der Waals surface area contributed by atoms with E-state index in [9.17, 15) is 0 Å². The summed E-state index contributed by atoms with van der Waals surface area (Å²) < 4.78 is 28.7. The predicted molar refractivity (Wildman–Crippen MR) is 334 cm³/mol. The molecule has 440 valence electrons. The van der Waals surface area contributed by atoms with Gasteiger partial charge in [-0.1, -0.05) is 253 Å². The van der Waals surface area contributed by atoms with Gasteiger partial charge in [0.25, 0.3) is 0 Å². The summed E-state index contributed by atoms with van der Waals surface area (Å²) in [5, 5.41) is 5.14. The smallest absolute Gasteiger partial charge is 1.00 e. The average molecular weight is 1540 g/mol. The fourth-order valence-corrected chi connectivity index (χ4v) is 14.6. The van der Waals surface area contributed by atoms with Gasteiger partial charge < -0.3 is 43.8 Å². The summed E-state index contributed by atoms with van der Waals surface area (Å²) in [6, 6.07) is 63.0. The van der Waals surface area contributed by atoms with E-state index in [1.54, 1.807) is 0 Å². The normalized spacial score (nSPS) is 12.5. The van der Waals surface area contributed by atoms with E-state index >= 15 is 0 Å². The van der Waals surface area contributed by atoms with Crippen LogP contribution in [0.5, 0.6) is 23.0 Å². The summed E-state index contributed by atoms with van der Waals surface area (Å²) in [6.45, 7) is 27.9. The number of hydrogen-bond donors (Lipinski definition) is 0. The van der Waals surface area contributed by atoms with E-state index in [0.29, 0.717) is 38.4 Å². The summed E-state index contributed by atoms with van der Waals surface area (Å²) in [5.41, 5.74) is 13.6. The molecule has 0 fully saturated rings. The molecule has 0 aliphatic heterocycles. The van der Waals surface area contributed by atoms with Gasteiger partial charge in [0.2, 0.25) is 0 Å². The molecule has 8 bridgehead atoms. The molecule has 0 unspecified atom stereocenters. The van der Waals surface area contributed by atoms with Crippen LogP contribution in [0.3, 0.4) is 0 Å². The Kier molecular flexibility index (Phi) is 24.2. The van der Waals surface area contributed by atoms with Crippen LogP contribution in [0.15, 0.2) is 170 Å². The zero-order chi connectivity index (χ0) is 55.6. The molecule has 0 saturated carbocycles. The molecule has 0 N–H and O–H groups in total. The van der Waals surface area contributed by atoms with Crippen LogP contribution in [-0.4, -0.2) is 26.9 Å². The van der Waals surface area contributed by atoms with Crippen molar-refractivity contribution in [2.24, 2.45) is 0 Å². The molecule has 1 aliphatic rings. The average Bonchev–Trinajstić information content (AvgIpc) is 3.60. The van der Waals surface area contributed by atoms with E-state index in [4.69, 9.17) is 18.9 Å². The van der Waals surface area contributed by atoms with Gasteiger partial charge in [0.15, 0.2) is 0 Å². The zero-order valence-corrected chi connectivity index (χ0v) is 57.9. The number of hydrogen-bond acceptors (Lipinski definition) is 4. The largest absolute Gasteiger partial charge is 1.00 e. The number of methoxy groups -OCH3 is 2. The molecule has 4 nitrogen and oxygen atoms in total. The molecule has 0 spiro atoms. The predicted octanol–water partition coefficient (Wildman–Crippen LogP) is 10.5. The number of benzene rings is 8. The Hall–Kier alpha value is -4.12. The second-order valence-electron chi connectivity index (χ2n) is 25.4. The van der Waals surface area contributed by atoms with Crippen molar-refractivity contribution in [2.75, 3.05) is 26.9 Å². The van der Waals surface area contributed by atoms with Crippen molar-refractivity contribution < 1.29 is 88.5 Å². The molecule has 10 heteroatoms. The van der Waals surface area contributed by atoms with Gasteiger partial charge >= 0.3 is 44.8 Å². The molecule has 1 aliphatic carbocycles. The van der Waals surface area contributed by atoms with Gasteiger partial charge in [-0.25, -0.2) is 0 Å². The second-order valence-corrected chi connectivity index (χ2v) is 29.6. The van der Waals surface area contributed by atoms with Gasteiger partial charge in [-0.15, -0.1) is 0 Å². The van der Waals surface area contributed by atoms with Gasteiger partial charge in [0.1, 0.15) is 35.7 Å². The third-order valence-corrected chi connectivity index (χ3v) is 19.8. The van der Waals surface area contributed by atoms with Crippen LogP contribution in [0.2, 0.25) is 0 Å². The molecule has 8 aromatic rings. The van der Waals surface area contributed by atoms with E-state index in [-0.39, 0.29) is 91.2 Å². The molecule has 0 heterocycles. The van der Waals surface area contributed by atoms with Crippen molar-refractivity contribution in [2.45, 2.75) is 130 Å². The second kappa shape index (κ2) is 28.8. The van der Waals surface area contributed by atoms with Gasteiger partial charge in [0, 0.05) is 25.7 Å². The molecule has 0 radical (unpaired) electrons. The molecule has 0 amide bonds. The van der Waals surface area contributed by atoms with Crippen LogP contribution in [0.25, 0.3) is 0 Å². The first-order chi connectivity index (χ1) is 37.1. The van der Waals surface area contributed by atoms with Crippen molar-refractivity contribution in [1.82, 2.24) is 0 Å². The maximum absolute atomic E-state index is 7.58. The van der Waals surface area contributed by atoms with Crippen LogP contribution >= 0.6 is 15.8 Å². The minimum absolute atomic E-state index is 0. The molecular formula is C72H82Au2Cl2O4P2. The number of halogens is 2. The van der Waals surface area contributed by atoms with E-state index in [1.807, 2.05) is 14.2 Å². The Morgan fingerprint density at radius 1 is 0.305 bits per heavy atom. The van der Waals surface area contributed by atoms with Gasteiger partial charge in [-0.2, -0.15) is 0 Å². The van der Waals surface area contributed by atoms with Crippen LogP contribution < -0.4 is 65.0 Å². The maximum atomic E-state index is 7.58. The Bertz CT molecular complexity index is 2960. The Balaban J connectivity index is 0.00000308. The maximum Gasteiger partial charge on any atom is 1.00 e. The summed E-state index contributed by atoms with van der Waals surface area (Å²) in [5.74, 6) is 3.69. The fourth-order valence-electron chi connectivity index (χ4n) is 10.8. The summed E-state index contributed by atoms with van der Waals surface area (Å²) in [7, 11) is 1.96. The van der Waals surface area contributed by atoms with Crippen LogP contribution in [-0.2, 0) is 92.1 Å². The first-order valence-electron chi connectivity index (χ1n) is 27.8. The Labute approximate surface area is 538 Å². The number of rotatable bonds is 12. The molecular weight excluding hydrogens is 1460 g/mol. The molecule has 82 heavy (non-hydrogen) atoms. The Morgan fingerprint density at radius 2 is 0.488 bits per heavy atom. The van der Waals surface area contributed by atoms with Gasteiger partial charge in [0.05, 0.1) is 14.2 Å². The fraction of sp³-hybridized carbons (Fsp3) is 0.333. The topological polar surface area (TPSA) is 36.9 Å². The first-order valence-corrected chi connectivity index (χ1v) is 30.9. The SMILES string of the molecule is CC(C)(C)c1cc2c(O[13CH3])c(c1)Cc1cc(C(C)(C)C)cc(c1OCP(c1ccccc1)c1ccccc1)Cc1cc(C(C)(C)C)cc(c1O[13CH3])Cc1cc(C(C)(C)C)cc(c1OCP(c1ccccc1)c1ccccc1)C2.[Au+].[Au+].[Cl-].[Cl-]. The summed E-state index contributed by atoms with van der Waals surface area (Å²) in [4.78, 5) is 0. The van der Waals surface area contributed by atoms with E-state index < -0.39 is 15.8 Å². The molecule has 8 aromatic carbocycles. The van der Waals surface area contributed by atoms with Crippen LogP contribution in [0, 0.1) is 0 Å². The van der Waals surface area contributed by atoms with Crippen molar-refractivity contribution in [3.8, 4) is 23.0 Å². The standard InChI is InChI=1S/C72H82O4P2.2Au.2ClH/c1-69(2,3)57-39-49-35-53-43-59(71(7,8)9)45-55(67(53)75-47-77(61-27-19-15-20-28-61)62-29-21-16-22-30-62)37-51-41-58(70(4,5)6)42-52(66(51)74-14)38-56-46-60(72(10,11)12)44-54(36-50(40-57)65(49)73-13)68(56)76-48-78(63-31-23-17-24-32-63)64-33-25-18-26-34-64;;;;/h15-34,39-46H,35-38,47-48H2,1-14H3;;;2*1H/q;2*+1;;/p-2/i13+1,14+1;;;;. The molecule has 0 saturated heterocycles. The third-order valence-electron chi connectivity index (χ3n) is 15.3. The molecule has 0 aromatic heterocycles. The van der Waals surface area contributed by atoms with Crippen molar-refractivity contribution >= 4 is 37.1 Å². The molecule has 0 atom stereocenters. The quantitative estimate of drug-likeness (QED) is 0.0694. The van der Waals surface area contributed by atoms with Crippen molar-refractivity contribution in [3.05, 3.63) is 237 Å². The van der Waals surface area contributed by atoms with E-state index in [1.165, 1.54) is 43.5 Å². The third kappa shape index (κ3) is 16.2.